The fourth-order valence-corrected chi connectivity index (χ4v) is 9.13. The average molecular weight is 287 g/mol. The fourth-order valence-electron chi connectivity index (χ4n) is 3.63. The van der Waals surface area contributed by atoms with Gasteiger partial charge in [0.2, 0.25) is 0 Å². The molecule has 19 heavy (non-hydrogen) atoms. The molecular weight excluding hydrogens is 248 g/mol. The standard InChI is InChI=1S/C17H38OSi/c1-8-9-10-11-12-13-14-18-19(15(2)3,16(4)5)17(6)7/h15-17H,8-14H2,1-7H3. The molecule has 0 radical (unpaired) electrons. The maximum atomic E-state index is 6.56. The van der Waals surface area contributed by atoms with Crippen LogP contribution in [0.4, 0.5) is 0 Å². The molecule has 0 rings (SSSR count). The third-order valence-electron chi connectivity index (χ3n) is 4.56. The van der Waals surface area contributed by atoms with Crippen LogP contribution in [-0.4, -0.2) is 14.9 Å². The monoisotopic (exact) mass is 286 g/mol. The first-order chi connectivity index (χ1) is 8.89. The highest BCUT2D eigenvalue weighted by molar-refractivity contribution is 6.77. The van der Waals surface area contributed by atoms with Crippen LogP contribution in [0.5, 0.6) is 0 Å². The Morgan fingerprint density at radius 2 is 1.11 bits per heavy atom. The van der Waals surface area contributed by atoms with Crippen LogP contribution < -0.4 is 0 Å². The van der Waals surface area contributed by atoms with Crippen LogP contribution >= 0.6 is 0 Å². The first-order valence-corrected chi connectivity index (χ1v) is 10.7. The summed E-state index contributed by atoms with van der Waals surface area (Å²) in [4.78, 5) is 0. The van der Waals surface area contributed by atoms with Crippen molar-refractivity contribution in [3.63, 3.8) is 0 Å². The van der Waals surface area contributed by atoms with Gasteiger partial charge in [0.05, 0.1) is 0 Å². The fraction of sp³-hybridized carbons (Fsp3) is 1.00. The van der Waals surface area contributed by atoms with Crippen molar-refractivity contribution < 1.29 is 4.43 Å². The van der Waals surface area contributed by atoms with Gasteiger partial charge in [-0.15, -0.1) is 0 Å². The maximum absolute atomic E-state index is 6.56. The Hall–Kier alpha value is 0.177. The van der Waals surface area contributed by atoms with E-state index in [1.54, 1.807) is 0 Å². The molecule has 0 aromatic carbocycles. The van der Waals surface area contributed by atoms with Gasteiger partial charge in [0.1, 0.15) is 0 Å². The molecule has 0 amide bonds. The Kier molecular flexibility index (Phi) is 10.1. The number of hydrogen-bond donors (Lipinski definition) is 0. The molecule has 0 bridgehead atoms. The molecule has 0 aromatic heterocycles. The van der Waals surface area contributed by atoms with Gasteiger partial charge in [0, 0.05) is 6.61 Å². The van der Waals surface area contributed by atoms with Crippen LogP contribution in [0.25, 0.3) is 0 Å². The highest BCUT2D eigenvalue weighted by atomic mass is 28.4. The maximum Gasteiger partial charge on any atom is 0.200 e. The predicted molar refractivity (Wildman–Crippen MR) is 90.4 cm³/mol. The minimum Gasteiger partial charge on any atom is -0.416 e. The Bertz CT molecular complexity index is 190. The third-order valence-corrected chi connectivity index (χ3v) is 10.7. The van der Waals surface area contributed by atoms with Crippen LogP contribution in [-0.2, 0) is 4.43 Å². The summed E-state index contributed by atoms with van der Waals surface area (Å²) in [6, 6.07) is 0. The largest absolute Gasteiger partial charge is 0.416 e. The SMILES string of the molecule is CCCCCCCCO[Si](C(C)C)(C(C)C)C(C)C. The van der Waals surface area contributed by atoms with Crippen LogP contribution in [0, 0.1) is 0 Å². The van der Waals surface area contributed by atoms with E-state index in [0.29, 0.717) is 16.6 Å². The topological polar surface area (TPSA) is 9.23 Å². The lowest BCUT2D eigenvalue weighted by atomic mass is 10.1. The predicted octanol–water partition coefficient (Wildman–Crippen LogP) is 6.54. The second kappa shape index (κ2) is 9.98. The summed E-state index contributed by atoms with van der Waals surface area (Å²) in [5, 5.41) is 0. The Morgan fingerprint density at radius 3 is 1.53 bits per heavy atom. The van der Waals surface area contributed by atoms with Crippen molar-refractivity contribution in [1.29, 1.82) is 0 Å². The van der Waals surface area contributed by atoms with Gasteiger partial charge >= 0.3 is 0 Å². The molecule has 116 valence electrons. The van der Waals surface area contributed by atoms with Crippen molar-refractivity contribution in [2.24, 2.45) is 0 Å². The molecule has 0 aromatic rings. The summed E-state index contributed by atoms with van der Waals surface area (Å²) in [5.74, 6) is 0. The van der Waals surface area contributed by atoms with Gasteiger partial charge in [-0.2, -0.15) is 0 Å². The van der Waals surface area contributed by atoms with Crippen LogP contribution in [0.3, 0.4) is 0 Å². The van der Waals surface area contributed by atoms with E-state index in [4.69, 9.17) is 4.43 Å². The summed E-state index contributed by atoms with van der Waals surface area (Å²) < 4.78 is 6.56. The summed E-state index contributed by atoms with van der Waals surface area (Å²) in [6.07, 6.45) is 8.11. The molecule has 0 spiro atoms. The van der Waals surface area contributed by atoms with Gasteiger partial charge in [-0.1, -0.05) is 80.6 Å². The van der Waals surface area contributed by atoms with Crippen molar-refractivity contribution >= 4 is 8.32 Å². The average Bonchev–Trinajstić information content (AvgIpc) is 2.31. The van der Waals surface area contributed by atoms with Crippen molar-refractivity contribution in [1.82, 2.24) is 0 Å². The molecular formula is C17H38OSi. The zero-order chi connectivity index (χ0) is 14.9. The van der Waals surface area contributed by atoms with E-state index in [0.717, 1.165) is 6.61 Å². The number of rotatable bonds is 11. The second-order valence-corrected chi connectivity index (χ2v) is 12.4. The minimum atomic E-state index is -1.60. The molecule has 0 fully saturated rings. The first-order valence-electron chi connectivity index (χ1n) is 8.53. The first kappa shape index (κ1) is 19.2. The normalized spacial score (nSPS) is 12.9. The number of unbranched alkanes of at least 4 members (excludes halogenated alkanes) is 5. The van der Waals surface area contributed by atoms with Crippen LogP contribution in [0.2, 0.25) is 16.6 Å². The molecule has 0 saturated carbocycles. The Balaban J connectivity index is 4.14. The lowest BCUT2D eigenvalue weighted by Gasteiger charge is -2.42. The Morgan fingerprint density at radius 1 is 0.684 bits per heavy atom. The Labute approximate surface area is 123 Å². The zero-order valence-corrected chi connectivity index (χ0v) is 15.6. The summed E-state index contributed by atoms with van der Waals surface area (Å²) in [5.41, 5.74) is 2.15. The van der Waals surface area contributed by atoms with E-state index >= 15 is 0 Å². The van der Waals surface area contributed by atoms with Gasteiger partial charge < -0.3 is 4.43 Å². The van der Waals surface area contributed by atoms with E-state index in [1.165, 1.54) is 38.5 Å². The quantitative estimate of drug-likeness (QED) is 0.309. The highest BCUT2D eigenvalue weighted by Gasteiger charge is 2.44. The second-order valence-electron chi connectivity index (χ2n) is 6.93. The van der Waals surface area contributed by atoms with E-state index < -0.39 is 8.32 Å². The van der Waals surface area contributed by atoms with Crippen LogP contribution in [0.1, 0.15) is 87.0 Å². The summed E-state index contributed by atoms with van der Waals surface area (Å²) in [6.45, 7) is 17.5. The summed E-state index contributed by atoms with van der Waals surface area (Å²) in [7, 11) is -1.60. The van der Waals surface area contributed by atoms with Crippen molar-refractivity contribution in [3.8, 4) is 0 Å². The van der Waals surface area contributed by atoms with Crippen LogP contribution in [0.15, 0.2) is 0 Å². The van der Waals surface area contributed by atoms with Crippen molar-refractivity contribution in [3.05, 3.63) is 0 Å². The molecule has 2 heteroatoms. The summed E-state index contributed by atoms with van der Waals surface area (Å²) >= 11 is 0. The molecule has 0 aliphatic rings. The molecule has 0 aliphatic heterocycles. The molecule has 0 unspecified atom stereocenters. The molecule has 1 nitrogen and oxygen atoms in total. The van der Waals surface area contributed by atoms with Gasteiger partial charge in [-0.3, -0.25) is 0 Å². The number of hydrogen-bond acceptors (Lipinski definition) is 1. The smallest absolute Gasteiger partial charge is 0.200 e. The van der Waals surface area contributed by atoms with Gasteiger partial charge in [-0.25, -0.2) is 0 Å². The van der Waals surface area contributed by atoms with Gasteiger partial charge in [0.25, 0.3) is 0 Å². The molecule has 0 atom stereocenters. The molecule has 0 heterocycles. The van der Waals surface area contributed by atoms with Crippen molar-refractivity contribution in [2.75, 3.05) is 6.61 Å². The van der Waals surface area contributed by atoms with Gasteiger partial charge in [-0.05, 0) is 23.0 Å². The molecule has 0 aliphatic carbocycles. The zero-order valence-electron chi connectivity index (χ0n) is 14.6. The molecule has 0 saturated heterocycles. The highest BCUT2D eigenvalue weighted by Crippen LogP contribution is 2.42. The van der Waals surface area contributed by atoms with E-state index in [1.807, 2.05) is 0 Å². The van der Waals surface area contributed by atoms with E-state index in [9.17, 15) is 0 Å². The van der Waals surface area contributed by atoms with E-state index in [-0.39, 0.29) is 0 Å². The molecule has 0 N–H and O–H groups in total. The van der Waals surface area contributed by atoms with E-state index in [2.05, 4.69) is 48.5 Å². The third kappa shape index (κ3) is 5.99. The van der Waals surface area contributed by atoms with Crippen molar-refractivity contribution in [2.45, 2.75) is 104 Å². The van der Waals surface area contributed by atoms with Gasteiger partial charge in [0.15, 0.2) is 8.32 Å². The minimum absolute atomic E-state index is 0.715. The lowest BCUT2D eigenvalue weighted by molar-refractivity contribution is 0.267. The lowest BCUT2D eigenvalue weighted by Crippen LogP contribution is -2.47.